The molecule has 3 saturated heterocycles. The molecule has 0 unspecified atom stereocenters. The Morgan fingerprint density at radius 1 is 0.846 bits per heavy atom. The molecule has 5 heteroatoms. The number of hydrogen-bond acceptors (Lipinski definition) is 4. The smallest absolute Gasteiger partial charge is 0.0603 e. The van der Waals surface area contributed by atoms with Crippen LogP contribution in [0.1, 0.15) is 58.3 Å². The molecule has 0 aromatic heterocycles. The van der Waals surface area contributed by atoms with Gasteiger partial charge in [0, 0.05) is 55.6 Å². The van der Waals surface area contributed by atoms with Crippen LogP contribution in [0.4, 0.5) is 0 Å². The van der Waals surface area contributed by atoms with Gasteiger partial charge in [0.05, 0.1) is 12.2 Å². The number of piperidine rings is 2. The van der Waals surface area contributed by atoms with E-state index in [1.54, 1.807) is 0 Å². The highest BCUT2D eigenvalue weighted by Gasteiger charge is 2.44. The lowest BCUT2D eigenvalue weighted by molar-refractivity contribution is -0.0607. The fraction of sp³-hybridized carbons (Fsp3) is 1.00. The van der Waals surface area contributed by atoms with Crippen LogP contribution in [0.25, 0.3) is 0 Å². The third kappa shape index (κ3) is 4.94. The zero-order valence-corrected chi connectivity index (χ0v) is 18.8. The SMILES string of the molecule is CCN1CC2(CCN(CC3CCC(OC4CCN(I)CC4)CC3)CC2)C1. The predicted molar refractivity (Wildman–Crippen MR) is 116 cm³/mol. The summed E-state index contributed by atoms with van der Waals surface area (Å²) in [4.78, 5) is 5.39. The second kappa shape index (κ2) is 8.93. The summed E-state index contributed by atoms with van der Waals surface area (Å²) >= 11 is 2.45. The normalized spacial score (nSPS) is 34.8. The van der Waals surface area contributed by atoms with Crippen LogP contribution in [-0.4, -0.2) is 77.5 Å². The lowest BCUT2D eigenvalue weighted by Crippen LogP contribution is -2.60. The first-order chi connectivity index (χ1) is 12.6. The maximum atomic E-state index is 6.44. The number of halogens is 1. The molecule has 0 aromatic rings. The molecule has 4 aliphatic rings. The third-order valence-corrected chi connectivity index (χ3v) is 8.53. The molecule has 3 aliphatic heterocycles. The molecule has 4 fully saturated rings. The van der Waals surface area contributed by atoms with Gasteiger partial charge in [-0.05, 0) is 82.3 Å². The van der Waals surface area contributed by atoms with Crippen molar-refractivity contribution in [3.63, 3.8) is 0 Å². The van der Waals surface area contributed by atoms with Crippen LogP contribution in [0.3, 0.4) is 0 Å². The molecule has 150 valence electrons. The lowest BCUT2D eigenvalue weighted by atomic mass is 9.72. The van der Waals surface area contributed by atoms with E-state index in [-0.39, 0.29) is 0 Å². The summed E-state index contributed by atoms with van der Waals surface area (Å²) in [7, 11) is 0. The summed E-state index contributed by atoms with van der Waals surface area (Å²) in [6.07, 6.45) is 11.8. The zero-order valence-electron chi connectivity index (χ0n) is 16.7. The van der Waals surface area contributed by atoms with Gasteiger partial charge in [-0.25, -0.2) is 3.11 Å². The van der Waals surface area contributed by atoms with Gasteiger partial charge >= 0.3 is 0 Å². The van der Waals surface area contributed by atoms with Gasteiger partial charge in [-0.3, -0.25) is 0 Å². The summed E-state index contributed by atoms with van der Waals surface area (Å²) in [6.45, 7) is 12.7. The predicted octanol–water partition coefficient (Wildman–Crippen LogP) is 3.79. The molecular formula is C21H38IN3O. The second-order valence-corrected chi connectivity index (χ2v) is 10.9. The molecular weight excluding hydrogens is 437 g/mol. The lowest BCUT2D eigenvalue weighted by Gasteiger charge is -2.54. The van der Waals surface area contributed by atoms with E-state index >= 15 is 0 Å². The van der Waals surface area contributed by atoms with Gasteiger partial charge in [-0.1, -0.05) is 6.92 Å². The molecule has 3 heterocycles. The molecule has 0 radical (unpaired) electrons. The first-order valence-electron chi connectivity index (χ1n) is 11.1. The van der Waals surface area contributed by atoms with E-state index in [9.17, 15) is 0 Å². The van der Waals surface area contributed by atoms with Crippen LogP contribution in [0.2, 0.25) is 0 Å². The molecule has 0 N–H and O–H groups in total. The molecule has 1 aliphatic carbocycles. The van der Waals surface area contributed by atoms with E-state index in [0.29, 0.717) is 17.6 Å². The first-order valence-corrected chi connectivity index (χ1v) is 12.1. The Hall–Kier alpha value is 0.570. The Balaban J connectivity index is 1.12. The average Bonchev–Trinajstić information content (AvgIpc) is 2.64. The largest absolute Gasteiger partial charge is 0.375 e. The van der Waals surface area contributed by atoms with Crippen LogP contribution >= 0.6 is 22.9 Å². The summed E-state index contributed by atoms with van der Waals surface area (Å²) in [5, 5.41) is 0. The zero-order chi connectivity index (χ0) is 18.0. The Labute approximate surface area is 174 Å². The fourth-order valence-corrected chi connectivity index (χ4v) is 6.26. The van der Waals surface area contributed by atoms with Gasteiger partial charge in [-0.2, -0.15) is 0 Å². The number of ether oxygens (including phenoxy) is 1. The number of hydrogen-bond donors (Lipinski definition) is 0. The standard InChI is InChI=1S/C21H38IN3O/c1-2-23-16-21(17-23)9-13-24(14-10-21)15-18-3-5-19(6-4-18)26-20-7-11-25(22)12-8-20/h18-20H,2-17H2,1H3. The number of rotatable bonds is 5. The summed E-state index contributed by atoms with van der Waals surface area (Å²) in [5.41, 5.74) is 0.700. The minimum Gasteiger partial charge on any atom is -0.375 e. The van der Waals surface area contributed by atoms with Crippen LogP contribution in [-0.2, 0) is 4.74 Å². The summed E-state index contributed by atoms with van der Waals surface area (Å²) in [6, 6.07) is 0. The molecule has 1 spiro atoms. The highest BCUT2D eigenvalue weighted by Crippen LogP contribution is 2.40. The van der Waals surface area contributed by atoms with Crippen molar-refractivity contribution < 1.29 is 4.74 Å². The van der Waals surface area contributed by atoms with Crippen molar-refractivity contribution in [3.05, 3.63) is 0 Å². The van der Waals surface area contributed by atoms with E-state index < -0.39 is 0 Å². The fourth-order valence-electron chi connectivity index (χ4n) is 5.70. The maximum absolute atomic E-state index is 6.44. The quantitative estimate of drug-likeness (QED) is 0.445. The topological polar surface area (TPSA) is 19.0 Å². The van der Waals surface area contributed by atoms with E-state index in [2.05, 4.69) is 42.7 Å². The van der Waals surface area contributed by atoms with E-state index in [0.717, 1.165) is 5.92 Å². The summed E-state index contributed by atoms with van der Waals surface area (Å²) < 4.78 is 8.84. The molecule has 0 bridgehead atoms. The molecule has 26 heavy (non-hydrogen) atoms. The maximum Gasteiger partial charge on any atom is 0.0603 e. The van der Waals surface area contributed by atoms with Crippen LogP contribution < -0.4 is 0 Å². The molecule has 0 amide bonds. The third-order valence-electron chi connectivity index (χ3n) is 7.56. The van der Waals surface area contributed by atoms with E-state index in [1.165, 1.54) is 104 Å². The van der Waals surface area contributed by atoms with Gasteiger partial charge in [0.15, 0.2) is 0 Å². The minimum atomic E-state index is 0.533. The van der Waals surface area contributed by atoms with Crippen molar-refractivity contribution in [2.75, 3.05) is 52.4 Å². The Morgan fingerprint density at radius 2 is 1.46 bits per heavy atom. The molecule has 1 saturated carbocycles. The summed E-state index contributed by atoms with van der Waals surface area (Å²) in [5.74, 6) is 0.925. The van der Waals surface area contributed by atoms with Gasteiger partial charge in [0.2, 0.25) is 0 Å². The van der Waals surface area contributed by atoms with Gasteiger partial charge in [0.1, 0.15) is 0 Å². The van der Waals surface area contributed by atoms with Crippen LogP contribution in [0, 0.1) is 11.3 Å². The van der Waals surface area contributed by atoms with Crippen molar-refractivity contribution in [2.45, 2.75) is 70.5 Å². The second-order valence-electron chi connectivity index (χ2n) is 9.49. The van der Waals surface area contributed by atoms with Crippen LogP contribution in [0.15, 0.2) is 0 Å². The number of nitrogens with zero attached hydrogens (tertiary/aromatic N) is 3. The molecule has 4 nitrogen and oxygen atoms in total. The highest BCUT2D eigenvalue weighted by molar-refractivity contribution is 14.1. The Bertz CT molecular complexity index is 431. The van der Waals surface area contributed by atoms with Crippen molar-refractivity contribution in [1.82, 2.24) is 12.9 Å². The van der Waals surface area contributed by atoms with Gasteiger partial charge in [-0.15, -0.1) is 0 Å². The highest BCUT2D eigenvalue weighted by atomic mass is 127. The van der Waals surface area contributed by atoms with E-state index in [1.807, 2.05) is 0 Å². The van der Waals surface area contributed by atoms with Crippen LogP contribution in [0.5, 0.6) is 0 Å². The molecule has 0 atom stereocenters. The minimum absolute atomic E-state index is 0.533. The molecule has 0 aromatic carbocycles. The van der Waals surface area contributed by atoms with Gasteiger partial charge in [0.25, 0.3) is 0 Å². The average molecular weight is 475 g/mol. The Kier molecular flexibility index (Phi) is 6.83. The number of likely N-dealkylation sites (tertiary alicyclic amines) is 2. The van der Waals surface area contributed by atoms with Crippen molar-refractivity contribution >= 4 is 22.9 Å². The van der Waals surface area contributed by atoms with Crippen molar-refractivity contribution in [2.24, 2.45) is 11.3 Å². The van der Waals surface area contributed by atoms with Crippen molar-refractivity contribution in [3.8, 4) is 0 Å². The monoisotopic (exact) mass is 475 g/mol. The first kappa shape index (κ1) is 19.9. The Morgan fingerprint density at radius 3 is 2.08 bits per heavy atom. The van der Waals surface area contributed by atoms with Crippen molar-refractivity contribution in [1.29, 1.82) is 0 Å². The molecule has 4 rings (SSSR count). The van der Waals surface area contributed by atoms with E-state index in [4.69, 9.17) is 4.74 Å². The van der Waals surface area contributed by atoms with Gasteiger partial charge < -0.3 is 14.5 Å².